The molecular weight excluding hydrogens is 520 g/mol. The van der Waals surface area contributed by atoms with Crippen molar-refractivity contribution in [2.45, 2.75) is 32.5 Å². The van der Waals surface area contributed by atoms with Crippen LogP contribution in [0.4, 0.5) is 24.7 Å². The summed E-state index contributed by atoms with van der Waals surface area (Å²) in [6.07, 6.45) is -3.43. The van der Waals surface area contributed by atoms with Crippen molar-refractivity contribution in [3.63, 3.8) is 0 Å². The lowest BCUT2D eigenvalue weighted by Gasteiger charge is -2.20. The van der Waals surface area contributed by atoms with Crippen molar-refractivity contribution in [2.75, 3.05) is 44.4 Å². The number of ether oxygens (including phenoxy) is 2. The highest BCUT2D eigenvalue weighted by molar-refractivity contribution is 6.38. The molecule has 3 rings (SSSR count). The van der Waals surface area contributed by atoms with E-state index < -0.39 is 11.7 Å². The Labute approximate surface area is 216 Å². The van der Waals surface area contributed by atoms with Gasteiger partial charge in [-0.1, -0.05) is 23.2 Å². The zero-order valence-corrected chi connectivity index (χ0v) is 21.7. The summed E-state index contributed by atoms with van der Waals surface area (Å²) < 4.78 is 53.1. The number of likely N-dealkylation sites (N-methyl/N-ethyl adjacent to an activating group) is 1. The van der Waals surface area contributed by atoms with Gasteiger partial charge in [0.15, 0.2) is 0 Å². The molecule has 0 radical (unpaired) electrons. The summed E-state index contributed by atoms with van der Waals surface area (Å²) in [5.41, 5.74) is 5.68. The minimum Gasteiger partial charge on any atom is -0.474 e. The zero-order valence-electron chi connectivity index (χ0n) is 20.2. The molecule has 196 valence electrons. The summed E-state index contributed by atoms with van der Waals surface area (Å²) in [4.78, 5) is 14.9. The lowest BCUT2D eigenvalue weighted by molar-refractivity contribution is -0.138. The maximum Gasteiger partial charge on any atom is 0.417 e. The number of aryl methyl sites for hydroxylation is 1. The Balaban J connectivity index is 2.39. The molecule has 0 aliphatic carbocycles. The second-order valence-electron chi connectivity index (χ2n) is 8.24. The largest absolute Gasteiger partial charge is 0.474 e. The molecule has 2 heterocycles. The van der Waals surface area contributed by atoms with Crippen LogP contribution in [-0.4, -0.2) is 56.1 Å². The van der Waals surface area contributed by atoms with Crippen LogP contribution in [0.15, 0.2) is 11.1 Å². The number of hydrogen-bond acceptors (Lipinski definition) is 8. The third-order valence-electron chi connectivity index (χ3n) is 5.54. The second kappa shape index (κ2) is 11.5. The number of rotatable bonds is 3. The molecule has 0 fully saturated rings. The molecule has 13 heteroatoms. The van der Waals surface area contributed by atoms with Gasteiger partial charge in [-0.25, -0.2) is 4.99 Å². The number of halogens is 5. The minimum absolute atomic E-state index is 0.000553. The number of nitrogens with two attached hydrogens (primary N) is 1. The molecule has 1 unspecified atom stereocenters. The molecule has 1 aliphatic heterocycles. The van der Waals surface area contributed by atoms with Gasteiger partial charge in [-0.15, -0.1) is 0 Å². The first-order valence-corrected chi connectivity index (χ1v) is 11.8. The Kier molecular flexibility index (Phi) is 8.91. The first-order chi connectivity index (χ1) is 17.0. The van der Waals surface area contributed by atoms with Crippen LogP contribution in [0.25, 0.3) is 11.4 Å². The van der Waals surface area contributed by atoms with Crippen LogP contribution < -0.4 is 31.3 Å². The highest BCUT2D eigenvalue weighted by Crippen LogP contribution is 2.39. The topological polar surface area (TPSA) is 97.9 Å². The summed E-state index contributed by atoms with van der Waals surface area (Å²) >= 11 is 12.3. The Bertz CT molecular complexity index is 1270. The summed E-state index contributed by atoms with van der Waals surface area (Å²) in [7, 11) is 3.21. The van der Waals surface area contributed by atoms with Crippen LogP contribution in [0.1, 0.15) is 30.0 Å². The van der Waals surface area contributed by atoms with E-state index in [1.165, 1.54) is 25.6 Å². The average molecular weight is 547 g/mol. The summed E-state index contributed by atoms with van der Waals surface area (Å²) in [6, 6.07) is 1.24. The summed E-state index contributed by atoms with van der Waals surface area (Å²) in [6.45, 7) is 5.00. The molecule has 1 aromatic carbocycles. The van der Waals surface area contributed by atoms with Gasteiger partial charge in [0.1, 0.15) is 11.0 Å². The predicted octanol–water partition coefficient (Wildman–Crippen LogP) is 3.04. The third-order valence-corrected chi connectivity index (χ3v) is 6.17. The van der Waals surface area contributed by atoms with Crippen molar-refractivity contribution in [3.8, 4) is 6.01 Å². The van der Waals surface area contributed by atoms with E-state index in [0.29, 0.717) is 37.1 Å². The van der Waals surface area contributed by atoms with E-state index in [1.54, 1.807) is 7.05 Å². The van der Waals surface area contributed by atoms with E-state index in [2.05, 4.69) is 20.3 Å². The summed E-state index contributed by atoms with van der Waals surface area (Å²) in [5, 5.41) is 3.57. The van der Waals surface area contributed by atoms with Gasteiger partial charge in [0.2, 0.25) is 5.88 Å². The minimum atomic E-state index is -4.69. The van der Waals surface area contributed by atoms with Gasteiger partial charge in [-0.2, -0.15) is 23.1 Å². The number of nitrogen functional groups attached to an aromatic ring is 1. The van der Waals surface area contributed by atoms with Crippen molar-refractivity contribution < 1.29 is 22.6 Å². The molecule has 36 heavy (non-hydrogen) atoms. The summed E-state index contributed by atoms with van der Waals surface area (Å²) in [5.74, 6) is 0.354. The van der Waals surface area contributed by atoms with E-state index >= 15 is 0 Å². The highest BCUT2D eigenvalue weighted by atomic mass is 35.5. The standard InChI is InChI=1S/C23H27Cl2F3N6O2/c1-12-9-15(29)19(25)14(18(12)23(26,27)28)11-31-21-17-16(10-24)32-22(35-4)33-20(17)34(3)8-7-30-6-5-13(2)36-21/h9-11,13,30H,5-8,29H2,1-4H3/b16-10-,21-17-,31-11+. The van der Waals surface area contributed by atoms with Crippen molar-refractivity contribution in [1.82, 2.24) is 15.3 Å². The number of fused-ring (bicyclic) bond motifs is 1. The first kappa shape index (κ1) is 27.8. The lowest BCUT2D eigenvalue weighted by Crippen LogP contribution is -2.40. The van der Waals surface area contributed by atoms with Gasteiger partial charge in [0, 0.05) is 37.5 Å². The Morgan fingerprint density at radius 2 is 2.06 bits per heavy atom. The maximum absolute atomic E-state index is 13.9. The molecule has 3 N–H and O–H groups in total. The normalized spacial score (nSPS) is 19.6. The number of anilines is 2. The van der Waals surface area contributed by atoms with Gasteiger partial charge < -0.3 is 25.4 Å². The number of aromatic nitrogens is 2. The number of hydrogen-bond donors (Lipinski definition) is 2. The van der Waals surface area contributed by atoms with Crippen LogP contribution in [0.2, 0.25) is 5.02 Å². The molecular formula is C23H27Cl2F3N6O2. The van der Waals surface area contributed by atoms with Crippen LogP contribution >= 0.6 is 23.2 Å². The average Bonchev–Trinajstić information content (AvgIpc) is 2.84. The van der Waals surface area contributed by atoms with Gasteiger partial charge in [0.25, 0.3) is 0 Å². The van der Waals surface area contributed by atoms with Gasteiger partial charge in [-0.05, 0) is 38.4 Å². The Hall–Kier alpha value is -2.76. The second-order valence-corrected chi connectivity index (χ2v) is 8.83. The van der Waals surface area contributed by atoms with Crippen molar-refractivity contribution in [3.05, 3.63) is 38.3 Å². The molecule has 1 aromatic heterocycles. The Morgan fingerprint density at radius 1 is 1.33 bits per heavy atom. The van der Waals surface area contributed by atoms with E-state index in [1.807, 2.05) is 11.8 Å². The number of nitrogens with zero attached hydrogens (tertiary/aromatic N) is 4. The van der Waals surface area contributed by atoms with Crippen molar-refractivity contribution in [2.24, 2.45) is 4.99 Å². The quantitative estimate of drug-likeness (QED) is 0.451. The van der Waals surface area contributed by atoms with Crippen molar-refractivity contribution in [1.29, 1.82) is 0 Å². The number of methoxy groups -OCH3 is 1. The fourth-order valence-electron chi connectivity index (χ4n) is 3.75. The molecule has 0 amide bonds. The number of aliphatic imine (C=N–C) groups is 1. The molecule has 2 aromatic rings. The van der Waals surface area contributed by atoms with E-state index in [0.717, 1.165) is 6.21 Å². The van der Waals surface area contributed by atoms with E-state index in [9.17, 15) is 13.2 Å². The van der Waals surface area contributed by atoms with Crippen molar-refractivity contribution >= 4 is 52.3 Å². The van der Waals surface area contributed by atoms with Gasteiger partial charge in [0.05, 0.1) is 34.8 Å². The van der Waals surface area contributed by atoms with Crippen LogP contribution in [-0.2, 0) is 10.9 Å². The number of benzene rings is 1. The number of nitrogens with one attached hydrogen (secondary N) is 1. The molecule has 0 saturated heterocycles. The van der Waals surface area contributed by atoms with Crippen LogP contribution in [0.5, 0.6) is 6.01 Å². The zero-order chi connectivity index (χ0) is 26.6. The fourth-order valence-corrected chi connectivity index (χ4v) is 4.11. The lowest BCUT2D eigenvalue weighted by atomic mass is 10.0. The van der Waals surface area contributed by atoms with Gasteiger partial charge in [-0.3, -0.25) is 0 Å². The highest BCUT2D eigenvalue weighted by Gasteiger charge is 2.36. The van der Waals surface area contributed by atoms with Gasteiger partial charge >= 0.3 is 12.2 Å². The Morgan fingerprint density at radius 3 is 2.69 bits per heavy atom. The molecule has 8 nitrogen and oxygen atoms in total. The van der Waals surface area contributed by atoms with Crippen LogP contribution in [0, 0.1) is 6.92 Å². The first-order valence-electron chi connectivity index (χ1n) is 11.0. The molecule has 1 atom stereocenters. The molecule has 1 aliphatic rings. The van der Waals surface area contributed by atoms with E-state index in [4.69, 9.17) is 38.4 Å². The van der Waals surface area contributed by atoms with Crippen LogP contribution in [0.3, 0.4) is 0 Å². The fraction of sp³-hybridized carbons (Fsp3) is 0.435. The smallest absolute Gasteiger partial charge is 0.417 e. The SMILES string of the molecule is COc1nc2c(/c(=C/Cl)n1)=C(/N=C/c1c(Cl)c(N)cc(C)c1C(F)(F)F)OC(C)CCNCCN2C. The maximum atomic E-state index is 13.9. The van der Waals surface area contributed by atoms with E-state index in [-0.39, 0.29) is 45.2 Å². The third kappa shape index (κ3) is 6.13. The molecule has 0 bridgehead atoms. The monoisotopic (exact) mass is 546 g/mol. The molecule has 0 saturated carbocycles. The molecule has 0 spiro atoms. The predicted molar refractivity (Wildman–Crippen MR) is 136 cm³/mol. The number of alkyl halides is 3.